The van der Waals surface area contributed by atoms with Crippen LogP contribution in [0.2, 0.25) is 0 Å². The molecule has 1 N–H and O–H groups in total. The van der Waals surface area contributed by atoms with Gasteiger partial charge in [0.1, 0.15) is 0 Å². The van der Waals surface area contributed by atoms with Crippen LogP contribution >= 0.6 is 0 Å². The second kappa shape index (κ2) is 6.32. The molecule has 0 atom stereocenters. The first-order valence-corrected chi connectivity index (χ1v) is 7.17. The number of fused-ring (bicyclic) bond motifs is 1. The van der Waals surface area contributed by atoms with E-state index in [0.29, 0.717) is 5.69 Å². The van der Waals surface area contributed by atoms with Crippen LogP contribution in [0, 0.1) is 0 Å². The molecule has 0 saturated heterocycles. The van der Waals surface area contributed by atoms with E-state index in [2.05, 4.69) is 5.32 Å². The predicted octanol–water partition coefficient (Wildman–Crippen LogP) is 3.88. The lowest BCUT2D eigenvalue weighted by Crippen LogP contribution is -2.17. The van der Waals surface area contributed by atoms with Gasteiger partial charge in [-0.2, -0.15) is 0 Å². The molecule has 3 rings (SSSR count). The van der Waals surface area contributed by atoms with Crippen LogP contribution in [0.5, 0.6) is 0 Å². The van der Waals surface area contributed by atoms with Gasteiger partial charge in [-0.15, -0.1) is 0 Å². The summed E-state index contributed by atoms with van der Waals surface area (Å²) in [6.07, 6.45) is 0. The van der Waals surface area contributed by atoms with Crippen molar-refractivity contribution in [3.8, 4) is 0 Å². The second-order valence-electron chi connectivity index (χ2n) is 5.02. The monoisotopic (exact) mass is 305 g/mol. The molecular weight excluding hydrogens is 290 g/mol. The minimum atomic E-state index is -0.534. The maximum absolute atomic E-state index is 12.6. The minimum absolute atomic E-state index is 0.243. The highest BCUT2D eigenvalue weighted by Crippen LogP contribution is 2.24. The number of hydrogen-bond acceptors (Lipinski definition) is 3. The van der Waals surface area contributed by atoms with Crippen LogP contribution in [-0.4, -0.2) is 19.0 Å². The predicted molar refractivity (Wildman–Crippen MR) is 89.7 cm³/mol. The van der Waals surface area contributed by atoms with Crippen molar-refractivity contribution < 1.29 is 14.3 Å². The van der Waals surface area contributed by atoms with Gasteiger partial charge in [-0.05, 0) is 23.6 Å². The molecule has 1 amide bonds. The molecule has 4 heteroatoms. The van der Waals surface area contributed by atoms with E-state index in [1.807, 2.05) is 42.5 Å². The summed E-state index contributed by atoms with van der Waals surface area (Å²) in [7, 11) is 1.29. The Labute approximate surface area is 133 Å². The maximum Gasteiger partial charge on any atom is 0.338 e. The van der Waals surface area contributed by atoms with E-state index in [4.69, 9.17) is 4.74 Å². The fourth-order valence-corrected chi connectivity index (χ4v) is 2.49. The zero-order valence-corrected chi connectivity index (χ0v) is 12.6. The summed E-state index contributed by atoms with van der Waals surface area (Å²) in [6, 6.07) is 20.1. The van der Waals surface area contributed by atoms with Crippen LogP contribution in [0.3, 0.4) is 0 Å². The lowest BCUT2D eigenvalue weighted by Gasteiger charge is -2.11. The van der Waals surface area contributed by atoms with Crippen LogP contribution in [0.4, 0.5) is 5.69 Å². The molecule has 23 heavy (non-hydrogen) atoms. The van der Waals surface area contributed by atoms with E-state index in [1.165, 1.54) is 7.11 Å². The van der Waals surface area contributed by atoms with Gasteiger partial charge in [0.05, 0.1) is 18.2 Å². The molecule has 0 spiro atoms. The van der Waals surface area contributed by atoms with Crippen LogP contribution in [0.15, 0.2) is 66.7 Å². The van der Waals surface area contributed by atoms with Crippen molar-refractivity contribution in [1.82, 2.24) is 0 Å². The van der Waals surface area contributed by atoms with Crippen LogP contribution < -0.4 is 5.32 Å². The Hall–Kier alpha value is -3.14. The molecule has 0 aromatic heterocycles. The van der Waals surface area contributed by atoms with E-state index >= 15 is 0 Å². The first-order chi connectivity index (χ1) is 11.2. The highest BCUT2D eigenvalue weighted by molar-refractivity contribution is 6.13. The third-order valence-electron chi connectivity index (χ3n) is 3.61. The second-order valence-corrected chi connectivity index (χ2v) is 5.02. The molecule has 0 aliphatic heterocycles. The van der Waals surface area contributed by atoms with Gasteiger partial charge >= 0.3 is 5.97 Å². The first kappa shape index (κ1) is 14.8. The Morgan fingerprint density at radius 3 is 2.26 bits per heavy atom. The Balaban J connectivity index is 1.98. The number of benzene rings is 3. The standard InChI is InChI=1S/C19H15NO3/c1-23-19(22)16-11-5-4-10-15(16)18(21)20-17-12-6-8-13-7-2-3-9-14(13)17/h2-12H,1H3,(H,20,21). The molecule has 0 aliphatic rings. The van der Waals surface area contributed by atoms with Crippen molar-refractivity contribution in [2.75, 3.05) is 12.4 Å². The number of nitrogens with one attached hydrogen (secondary N) is 1. The van der Waals surface area contributed by atoms with E-state index < -0.39 is 5.97 Å². The topological polar surface area (TPSA) is 55.4 Å². The van der Waals surface area contributed by atoms with Gasteiger partial charge in [-0.25, -0.2) is 4.79 Å². The minimum Gasteiger partial charge on any atom is -0.465 e. The number of rotatable bonds is 3. The number of amides is 1. The fraction of sp³-hybridized carbons (Fsp3) is 0.0526. The summed E-state index contributed by atoms with van der Waals surface area (Å²) in [6.45, 7) is 0. The Bertz CT molecular complexity index is 881. The van der Waals surface area contributed by atoms with E-state index in [1.54, 1.807) is 24.3 Å². The van der Waals surface area contributed by atoms with Gasteiger partial charge in [-0.1, -0.05) is 48.5 Å². The summed E-state index contributed by atoms with van der Waals surface area (Å²) >= 11 is 0. The highest BCUT2D eigenvalue weighted by Gasteiger charge is 2.17. The molecule has 0 aliphatic carbocycles. The number of esters is 1. The Morgan fingerprint density at radius 2 is 1.48 bits per heavy atom. The first-order valence-electron chi connectivity index (χ1n) is 7.17. The highest BCUT2D eigenvalue weighted by atomic mass is 16.5. The van der Waals surface area contributed by atoms with Crippen molar-refractivity contribution in [2.24, 2.45) is 0 Å². The zero-order chi connectivity index (χ0) is 16.2. The zero-order valence-electron chi connectivity index (χ0n) is 12.6. The molecular formula is C19H15NO3. The summed E-state index contributed by atoms with van der Waals surface area (Å²) in [5.74, 6) is -0.879. The van der Waals surface area contributed by atoms with Crippen molar-refractivity contribution in [2.45, 2.75) is 0 Å². The van der Waals surface area contributed by atoms with Crippen molar-refractivity contribution >= 4 is 28.3 Å². The molecule has 0 saturated carbocycles. The van der Waals surface area contributed by atoms with Gasteiger partial charge in [0.15, 0.2) is 0 Å². The third kappa shape index (κ3) is 2.92. The van der Waals surface area contributed by atoms with Crippen molar-refractivity contribution in [3.63, 3.8) is 0 Å². The SMILES string of the molecule is COC(=O)c1ccccc1C(=O)Nc1cccc2ccccc12. The van der Waals surface area contributed by atoms with Gasteiger partial charge in [0.25, 0.3) is 5.91 Å². The largest absolute Gasteiger partial charge is 0.465 e. The van der Waals surface area contributed by atoms with Gasteiger partial charge in [-0.3, -0.25) is 4.79 Å². The lowest BCUT2D eigenvalue weighted by atomic mass is 10.1. The summed E-state index contributed by atoms with van der Waals surface area (Å²) in [5.41, 5.74) is 1.23. The molecule has 114 valence electrons. The van der Waals surface area contributed by atoms with Gasteiger partial charge in [0, 0.05) is 11.1 Å². The van der Waals surface area contributed by atoms with Crippen LogP contribution in [-0.2, 0) is 4.74 Å². The fourth-order valence-electron chi connectivity index (χ4n) is 2.49. The number of methoxy groups -OCH3 is 1. The van der Waals surface area contributed by atoms with Crippen LogP contribution in [0.1, 0.15) is 20.7 Å². The summed E-state index contributed by atoms with van der Waals surface area (Å²) < 4.78 is 4.73. The van der Waals surface area contributed by atoms with E-state index in [9.17, 15) is 9.59 Å². The summed E-state index contributed by atoms with van der Waals surface area (Å²) in [4.78, 5) is 24.4. The molecule has 4 nitrogen and oxygen atoms in total. The van der Waals surface area contributed by atoms with Gasteiger partial charge < -0.3 is 10.1 Å². The Morgan fingerprint density at radius 1 is 0.826 bits per heavy atom. The molecule has 0 fully saturated rings. The van der Waals surface area contributed by atoms with Crippen molar-refractivity contribution in [1.29, 1.82) is 0 Å². The molecule has 0 heterocycles. The number of ether oxygens (including phenoxy) is 1. The molecule has 0 radical (unpaired) electrons. The number of carbonyl (C=O) groups excluding carboxylic acids is 2. The number of anilines is 1. The third-order valence-corrected chi connectivity index (χ3v) is 3.61. The maximum atomic E-state index is 12.6. The van der Waals surface area contributed by atoms with Crippen molar-refractivity contribution in [3.05, 3.63) is 77.9 Å². The smallest absolute Gasteiger partial charge is 0.338 e. The number of hydrogen-bond donors (Lipinski definition) is 1. The number of carbonyl (C=O) groups is 2. The molecule has 0 unspecified atom stereocenters. The lowest BCUT2D eigenvalue weighted by molar-refractivity contribution is 0.0597. The van der Waals surface area contributed by atoms with E-state index in [-0.39, 0.29) is 17.0 Å². The van der Waals surface area contributed by atoms with E-state index in [0.717, 1.165) is 10.8 Å². The average molecular weight is 305 g/mol. The molecule has 3 aromatic carbocycles. The average Bonchev–Trinajstić information content (AvgIpc) is 2.61. The summed E-state index contributed by atoms with van der Waals surface area (Å²) in [5, 5.41) is 4.85. The quantitative estimate of drug-likeness (QED) is 0.747. The van der Waals surface area contributed by atoms with Crippen LogP contribution in [0.25, 0.3) is 10.8 Å². The molecule has 0 bridgehead atoms. The Kier molecular flexibility index (Phi) is 4.06. The molecule has 3 aromatic rings. The normalized spacial score (nSPS) is 10.3. The van der Waals surface area contributed by atoms with Gasteiger partial charge in [0.2, 0.25) is 0 Å².